The van der Waals surface area contributed by atoms with E-state index in [4.69, 9.17) is 5.73 Å². The van der Waals surface area contributed by atoms with E-state index < -0.39 is 5.60 Å². The number of hydrogen-bond donors (Lipinski definition) is 2. The third-order valence-electron chi connectivity index (χ3n) is 7.01. The van der Waals surface area contributed by atoms with Crippen LogP contribution in [0.25, 0.3) is 0 Å². The Balaban J connectivity index is 1.32. The smallest absolute Gasteiger partial charge is 0.255 e. The van der Waals surface area contributed by atoms with Gasteiger partial charge in [0.1, 0.15) is 5.82 Å². The Kier molecular flexibility index (Phi) is 7.14. The van der Waals surface area contributed by atoms with Crippen LogP contribution in [0.4, 0.5) is 5.82 Å². The van der Waals surface area contributed by atoms with Gasteiger partial charge in [0.15, 0.2) is 0 Å². The number of aromatic nitrogens is 2. The van der Waals surface area contributed by atoms with Crippen LogP contribution in [0.5, 0.6) is 0 Å². The summed E-state index contributed by atoms with van der Waals surface area (Å²) in [4.78, 5) is 33.8. The Labute approximate surface area is 195 Å². The Morgan fingerprint density at radius 2 is 1.97 bits per heavy atom. The Morgan fingerprint density at radius 1 is 1.24 bits per heavy atom. The van der Waals surface area contributed by atoms with Gasteiger partial charge in [-0.15, -0.1) is 0 Å². The first-order chi connectivity index (χ1) is 15.8. The molecule has 0 saturated carbocycles. The SMILES string of the molecule is CC(CC(=O)N1CCC(O)(Cn2cnc(N3CCCC(N)C3)cc2=O)CC1)c1ccccc1. The van der Waals surface area contributed by atoms with Crippen molar-refractivity contribution in [3.05, 3.63) is 58.6 Å². The minimum Gasteiger partial charge on any atom is -0.388 e. The number of anilines is 1. The predicted octanol–water partition coefficient (Wildman–Crippen LogP) is 1.72. The third kappa shape index (κ3) is 5.81. The van der Waals surface area contributed by atoms with Gasteiger partial charge < -0.3 is 20.6 Å². The van der Waals surface area contributed by atoms with Gasteiger partial charge in [-0.1, -0.05) is 37.3 Å². The van der Waals surface area contributed by atoms with Gasteiger partial charge in [-0.2, -0.15) is 0 Å². The van der Waals surface area contributed by atoms with Crippen molar-refractivity contribution in [2.24, 2.45) is 5.73 Å². The number of rotatable bonds is 6. The number of piperidine rings is 2. The summed E-state index contributed by atoms with van der Waals surface area (Å²) < 4.78 is 1.47. The third-order valence-corrected chi connectivity index (χ3v) is 7.01. The number of amides is 1. The van der Waals surface area contributed by atoms with Crippen LogP contribution >= 0.6 is 0 Å². The van der Waals surface area contributed by atoms with Gasteiger partial charge in [-0.05, 0) is 37.2 Å². The van der Waals surface area contributed by atoms with E-state index in [0.29, 0.717) is 44.7 Å². The lowest BCUT2D eigenvalue weighted by molar-refractivity contribution is -0.136. The average Bonchev–Trinajstić information content (AvgIpc) is 2.81. The van der Waals surface area contributed by atoms with E-state index in [0.717, 1.165) is 24.9 Å². The molecule has 2 aliphatic heterocycles. The molecule has 178 valence electrons. The molecule has 33 heavy (non-hydrogen) atoms. The number of likely N-dealkylation sites (tertiary alicyclic amines) is 1. The van der Waals surface area contributed by atoms with E-state index in [1.54, 1.807) is 0 Å². The van der Waals surface area contributed by atoms with Crippen molar-refractivity contribution < 1.29 is 9.90 Å². The van der Waals surface area contributed by atoms with Gasteiger partial charge >= 0.3 is 0 Å². The molecule has 0 aliphatic carbocycles. The fourth-order valence-electron chi connectivity index (χ4n) is 4.86. The summed E-state index contributed by atoms with van der Waals surface area (Å²) in [6, 6.07) is 11.7. The molecule has 2 atom stereocenters. The largest absolute Gasteiger partial charge is 0.388 e. The molecule has 8 heteroatoms. The lowest BCUT2D eigenvalue weighted by atomic mass is 9.90. The van der Waals surface area contributed by atoms with Gasteiger partial charge in [0, 0.05) is 44.7 Å². The molecule has 2 fully saturated rings. The van der Waals surface area contributed by atoms with Crippen molar-refractivity contribution in [2.75, 3.05) is 31.1 Å². The number of nitrogens with two attached hydrogens (primary N) is 1. The fraction of sp³-hybridized carbons (Fsp3) is 0.560. The zero-order valence-electron chi connectivity index (χ0n) is 19.4. The van der Waals surface area contributed by atoms with Crippen LogP contribution in [0.15, 0.2) is 47.5 Å². The molecule has 2 aliphatic rings. The van der Waals surface area contributed by atoms with Crippen LogP contribution in [-0.2, 0) is 11.3 Å². The van der Waals surface area contributed by atoms with Crippen molar-refractivity contribution >= 4 is 11.7 Å². The van der Waals surface area contributed by atoms with Crippen molar-refractivity contribution in [3.8, 4) is 0 Å². The first kappa shape index (κ1) is 23.4. The van der Waals surface area contributed by atoms with Gasteiger partial charge in [-0.25, -0.2) is 4.98 Å². The predicted molar refractivity (Wildman–Crippen MR) is 128 cm³/mol. The fourth-order valence-corrected chi connectivity index (χ4v) is 4.86. The van der Waals surface area contributed by atoms with Gasteiger partial charge in [0.2, 0.25) is 5.91 Å². The molecule has 8 nitrogen and oxygen atoms in total. The normalized spacial score (nSPS) is 21.6. The van der Waals surface area contributed by atoms with Crippen LogP contribution in [0, 0.1) is 0 Å². The minimum absolute atomic E-state index is 0.104. The lowest BCUT2D eigenvalue weighted by Gasteiger charge is -2.38. The van der Waals surface area contributed by atoms with E-state index in [1.165, 1.54) is 17.0 Å². The Bertz CT molecular complexity index is 1000. The molecule has 0 spiro atoms. The molecule has 2 unspecified atom stereocenters. The number of carbonyl (C=O) groups excluding carboxylic acids is 1. The number of carbonyl (C=O) groups is 1. The summed E-state index contributed by atoms with van der Waals surface area (Å²) in [5.41, 5.74) is 6.00. The quantitative estimate of drug-likeness (QED) is 0.690. The second kappa shape index (κ2) is 10.1. The molecule has 2 saturated heterocycles. The van der Waals surface area contributed by atoms with Gasteiger partial charge in [0.05, 0.1) is 18.5 Å². The molecule has 3 heterocycles. The van der Waals surface area contributed by atoms with Crippen molar-refractivity contribution in [1.29, 1.82) is 0 Å². The molecule has 0 bridgehead atoms. The highest BCUT2D eigenvalue weighted by Gasteiger charge is 2.35. The topological polar surface area (TPSA) is 105 Å². The summed E-state index contributed by atoms with van der Waals surface area (Å²) in [6.45, 7) is 4.77. The molecule has 1 aromatic heterocycles. The summed E-state index contributed by atoms with van der Waals surface area (Å²) >= 11 is 0. The van der Waals surface area contributed by atoms with Crippen LogP contribution < -0.4 is 16.2 Å². The highest BCUT2D eigenvalue weighted by atomic mass is 16.3. The molecule has 1 aromatic carbocycles. The average molecular weight is 454 g/mol. The van der Waals surface area contributed by atoms with Gasteiger partial charge in [-0.3, -0.25) is 14.2 Å². The van der Waals surface area contributed by atoms with Crippen LogP contribution in [-0.4, -0.2) is 63.3 Å². The summed E-state index contributed by atoms with van der Waals surface area (Å²) in [5.74, 6) is 0.903. The standard InChI is InChI=1S/C25H35N5O3/c1-19(20-6-3-2-4-7-20)14-23(31)28-12-9-25(33,10-13-28)17-30-18-27-22(15-24(30)32)29-11-5-8-21(26)16-29/h2-4,6-7,15,18-19,21,33H,5,8-14,16-17,26H2,1H3. The molecule has 1 amide bonds. The lowest BCUT2D eigenvalue weighted by Crippen LogP contribution is -2.50. The zero-order chi connectivity index (χ0) is 23.4. The van der Waals surface area contributed by atoms with Crippen LogP contribution in [0.2, 0.25) is 0 Å². The van der Waals surface area contributed by atoms with E-state index in [1.807, 2.05) is 35.2 Å². The maximum atomic E-state index is 12.8. The molecular weight excluding hydrogens is 418 g/mol. The summed E-state index contributed by atoms with van der Waals surface area (Å²) in [6.07, 6.45) is 4.83. The number of hydrogen-bond acceptors (Lipinski definition) is 6. The number of aliphatic hydroxyl groups is 1. The minimum atomic E-state index is -1.03. The maximum absolute atomic E-state index is 12.8. The van der Waals surface area contributed by atoms with Crippen molar-refractivity contribution in [3.63, 3.8) is 0 Å². The second-order valence-corrected chi connectivity index (χ2v) is 9.68. The molecule has 3 N–H and O–H groups in total. The monoisotopic (exact) mass is 453 g/mol. The van der Waals surface area contributed by atoms with Crippen molar-refractivity contribution in [2.45, 2.75) is 63.1 Å². The highest BCUT2D eigenvalue weighted by Crippen LogP contribution is 2.26. The van der Waals surface area contributed by atoms with Gasteiger partial charge in [0.25, 0.3) is 5.56 Å². The zero-order valence-corrected chi connectivity index (χ0v) is 19.4. The highest BCUT2D eigenvalue weighted by molar-refractivity contribution is 5.77. The Hall–Kier alpha value is -2.71. The van der Waals surface area contributed by atoms with Crippen molar-refractivity contribution in [1.82, 2.24) is 14.5 Å². The second-order valence-electron chi connectivity index (χ2n) is 9.68. The molecule has 2 aromatic rings. The Morgan fingerprint density at radius 3 is 2.64 bits per heavy atom. The first-order valence-electron chi connectivity index (χ1n) is 12.0. The van der Waals surface area contributed by atoms with E-state index >= 15 is 0 Å². The van der Waals surface area contributed by atoms with E-state index in [-0.39, 0.29) is 30.0 Å². The van der Waals surface area contributed by atoms with E-state index in [2.05, 4.69) is 16.8 Å². The van der Waals surface area contributed by atoms with Crippen LogP contribution in [0.1, 0.15) is 50.5 Å². The van der Waals surface area contributed by atoms with Crippen LogP contribution in [0.3, 0.4) is 0 Å². The number of nitrogens with zero attached hydrogens (tertiary/aromatic N) is 4. The first-order valence-corrected chi connectivity index (χ1v) is 12.0. The summed E-state index contributed by atoms with van der Waals surface area (Å²) in [5, 5.41) is 11.1. The van der Waals surface area contributed by atoms with E-state index in [9.17, 15) is 14.7 Å². The molecule has 4 rings (SSSR count). The number of benzene rings is 1. The molecule has 0 radical (unpaired) electrons. The maximum Gasteiger partial charge on any atom is 0.255 e. The summed E-state index contributed by atoms with van der Waals surface area (Å²) in [7, 11) is 0. The molecular formula is C25H35N5O3.